The fraction of sp³-hybridized carbons (Fsp3) is 0.727. The Bertz CT molecular complexity index is 771. The van der Waals surface area contributed by atoms with E-state index in [2.05, 4.69) is 23.7 Å². The zero-order chi connectivity index (χ0) is 22.4. The van der Waals surface area contributed by atoms with Gasteiger partial charge in [-0.3, -0.25) is 0 Å². The highest BCUT2D eigenvalue weighted by molar-refractivity contribution is 7.89. The number of hydrogen-bond donors (Lipinski definition) is 1. The van der Waals surface area contributed by atoms with Gasteiger partial charge in [0.25, 0.3) is 0 Å². The molecule has 4 nitrogen and oxygen atoms in total. The number of benzene rings is 1. The van der Waals surface area contributed by atoms with E-state index >= 15 is 0 Å². The van der Waals surface area contributed by atoms with Crippen molar-refractivity contribution in [2.24, 2.45) is 11.8 Å². The van der Waals surface area contributed by atoms with Gasteiger partial charge >= 0.3 is 6.18 Å². The summed E-state index contributed by atoms with van der Waals surface area (Å²) in [6, 6.07) is 2.95. The van der Waals surface area contributed by atoms with Crippen LogP contribution in [0.5, 0.6) is 0 Å². The lowest BCUT2D eigenvalue weighted by molar-refractivity contribution is -0.137. The first-order chi connectivity index (χ1) is 14.0. The summed E-state index contributed by atoms with van der Waals surface area (Å²) in [5, 5.41) is 0. The van der Waals surface area contributed by atoms with Crippen LogP contribution in [-0.4, -0.2) is 41.0 Å². The van der Waals surface area contributed by atoms with Gasteiger partial charge in [-0.05, 0) is 89.0 Å². The normalized spacial score (nSPS) is 20.6. The van der Waals surface area contributed by atoms with Gasteiger partial charge in [0.05, 0.1) is 10.5 Å². The van der Waals surface area contributed by atoms with Gasteiger partial charge < -0.3 is 4.90 Å². The van der Waals surface area contributed by atoms with Crippen LogP contribution in [0.25, 0.3) is 0 Å². The average Bonchev–Trinajstić information content (AvgIpc) is 2.68. The van der Waals surface area contributed by atoms with Crippen molar-refractivity contribution in [3.63, 3.8) is 0 Å². The second-order valence-electron chi connectivity index (χ2n) is 8.77. The Hall–Kier alpha value is -1.12. The molecule has 0 spiro atoms. The van der Waals surface area contributed by atoms with Crippen molar-refractivity contribution >= 4 is 10.0 Å². The topological polar surface area (TPSA) is 49.4 Å². The van der Waals surface area contributed by atoms with Gasteiger partial charge in [0, 0.05) is 0 Å². The molecule has 8 heteroatoms. The molecule has 1 aliphatic carbocycles. The quantitative estimate of drug-likeness (QED) is 0.508. The zero-order valence-electron chi connectivity index (χ0n) is 18.3. The van der Waals surface area contributed by atoms with Crippen LogP contribution >= 0.6 is 0 Å². The van der Waals surface area contributed by atoms with Crippen molar-refractivity contribution in [3.8, 4) is 0 Å². The van der Waals surface area contributed by atoms with E-state index < -0.39 is 21.8 Å². The number of alkyl halides is 3. The minimum atomic E-state index is -4.49. The van der Waals surface area contributed by atoms with Crippen molar-refractivity contribution in [1.82, 2.24) is 9.62 Å². The summed E-state index contributed by atoms with van der Waals surface area (Å²) in [4.78, 5) is 2.16. The number of hydrogen-bond acceptors (Lipinski definition) is 3. The van der Waals surface area contributed by atoms with E-state index in [0.717, 1.165) is 50.4 Å². The predicted octanol–water partition coefficient (Wildman–Crippen LogP) is 5.08. The lowest BCUT2D eigenvalue weighted by atomic mass is 9.77. The molecule has 30 heavy (non-hydrogen) atoms. The van der Waals surface area contributed by atoms with E-state index in [9.17, 15) is 21.6 Å². The molecule has 172 valence electrons. The van der Waals surface area contributed by atoms with Gasteiger partial charge in [-0.15, -0.1) is 0 Å². The number of unbranched alkanes of at least 4 members (excludes halogenated alkanes) is 2. The van der Waals surface area contributed by atoms with E-state index in [1.165, 1.54) is 32.7 Å². The van der Waals surface area contributed by atoms with Crippen LogP contribution in [0.15, 0.2) is 23.1 Å². The highest BCUT2D eigenvalue weighted by Crippen LogP contribution is 2.37. The lowest BCUT2D eigenvalue weighted by Crippen LogP contribution is -2.23. The van der Waals surface area contributed by atoms with Gasteiger partial charge in [-0.25, -0.2) is 13.1 Å². The molecule has 0 aliphatic heterocycles. The zero-order valence-corrected chi connectivity index (χ0v) is 19.1. The monoisotopic (exact) mass is 448 g/mol. The van der Waals surface area contributed by atoms with Gasteiger partial charge in [0.15, 0.2) is 0 Å². The number of halogens is 3. The Morgan fingerprint density at radius 3 is 2.23 bits per heavy atom. The van der Waals surface area contributed by atoms with Crippen molar-refractivity contribution in [2.75, 3.05) is 27.7 Å². The van der Waals surface area contributed by atoms with Crippen molar-refractivity contribution in [2.45, 2.75) is 68.9 Å². The molecule has 1 aromatic carbocycles. The number of rotatable bonds is 10. The molecule has 0 atom stereocenters. The molecule has 0 unspecified atom stereocenters. The summed E-state index contributed by atoms with van der Waals surface area (Å²) in [7, 11) is 1.65. The third-order valence-corrected chi connectivity index (χ3v) is 7.65. The number of sulfonamides is 1. The van der Waals surface area contributed by atoms with Gasteiger partial charge in [-0.2, -0.15) is 13.2 Å². The van der Waals surface area contributed by atoms with Crippen molar-refractivity contribution in [1.29, 1.82) is 0 Å². The summed E-state index contributed by atoms with van der Waals surface area (Å²) in [6.07, 6.45) is 4.79. The van der Waals surface area contributed by atoms with Gasteiger partial charge in [0.1, 0.15) is 0 Å². The molecular weight excluding hydrogens is 413 g/mol. The van der Waals surface area contributed by atoms with Crippen LogP contribution in [0.3, 0.4) is 0 Å². The van der Waals surface area contributed by atoms with Crippen LogP contribution in [-0.2, 0) is 22.6 Å². The Kier molecular flexibility index (Phi) is 9.18. The Morgan fingerprint density at radius 2 is 1.67 bits per heavy atom. The molecular formula is C22H35F3N2O2S. The minimum Gasteiger partial charge on any atom is -0.309 e. The molecule has 0 saturated heterocycles. The molecule has 1 aliphatic rings. The predicted molar refractivity (Wildman–Crippen MR) is 114 cm³/mol. The molecule has 1 fully saturated rings. The maximum Gasteiger partial charge on any atom is 0.416 e. The molecule has 1 aromatic rings. The van der Waals surface area contributed by atoms with Crippen LogP contribution < -0.4 is 4.72 Å². The van der Waals surface area contributed by atoms with E-state index in [1.807, 2.05) is 0 Å². The Labute approximate surface area is 179 Å². The fourth-order valence-electron chi connectivity index (χ4n) is 4.36. The van der Waals surface area contributed by atoms with Crippen molar-refractivity contribution < 1.29 is 21.6 Å². The van der Waals surface area contributed by atoms with E-state index in [1.54, 1.807) is 0 Å². The van der Waals surface area contributed by atoms with Gasteiger partial charge in [-0.1, -0.05) is 32.1 Å². The SMILES string of the molecule is CNS(=O)(=O)c1ccc(C(F)(F)F)cc1CC1CCC(CCCCCN(C)C)CC1. The molecule has 1 N–H and O–H groups in total. The summed E-state index contributed by atoms with van der Waals surface area (Å²) in [5.41, 5.74) is -0.523. The lowest BCUT2D eigenvalue weighted by Gasteiger charge is -2.29. The molecule has 0 amide bonds. The second-order valence-corrected chi connectivity index (χ2v) is 10.6. The highest BCUT2D eigenvalue weighted by Gasteiger charge is 2.33. The molecule has 0 radical (unpaired) electrons. The summed E-state index contributed by atoms with van der Waals surface area (Å²) in [6.45, 7) is 1.11. The third-order valence-electron chi connectivity index (χ3n) is 6.14. The first-order valence-corrected chi connectivity index (χ1v) is 12.3. The van der Waals surface area contributed by atoms with Crippen molar-refractivity contribution in [3.05, 3.63) is 29.3 Å². The average molecular weight is 449 g/mol. The second kappa shape index (κ2) is 11.0. The molecule has 0 aromatic heterocycles. The minimum absolute atomic E-state index is 0.0407. The Morgan fingerprint density at radius 1 is 1.03 bits per heavy atom. The van der Waals surface area contributed by atoms with Gasteiger partial charge in [0.2, 0.25) is 10.0 Å². The highest BCUT2D eigenvalue weighted by atomic mass is 32.2. The summed E-state index contributed by atoms with van der Waals surface area (Å²) >= 11 is 0. The Balaban J connectivity index is 1.96. The van der Waals surface area contributed by atoms with Crippen LogP contribution in [0.2, 0.25) is 0 Å². The third kappa shape index (κ3) is 7.54. The molecule has 0 heterocycles. The van der Waals surface area contributed by atoms with E-state index in [-0.39, 0.29) is 16.4 Å². The largest absolute Gasteiger partial charge is 0.416 e. The standard InChI is InChI=1S/C22H35F3N2O2S/c1-26-30(28,29)21-13-12-20(22(23,24)25)16-19(21)15-18-10-8-17(9-11-18)7-5-4-6-14-27(2)3/h12-13,16-18,26H,4-11,14-15H2,1-3H3. The number of nitrogens with one attached hydrogen (secondary N) is 1. The van der Waals surface area contributed by atoms with Crippen LogP contribution in [0, 0.1) is 11.8 Å². The first kappa shape index (κ1) is 25.1. The fourth-order valence-corrected chi connectivity index (χ4v) is 5.32. The maximum atomic E-state index is 13.2. The summed E-state index contributed by atoms with van der Waals surface area (Å²) < 4.78 is 66.3. The van der Waals surface area contributed by atoms with Crippen LogP contribution in [0.4, 0.5) is 13.2 Å². The molecule has 0 bridgehead atoms. The smallest absolute Gasteiger partial charge is 0.309 e. The maximum absolute atomic E-state index is 13.2. The van der Waals surface area contributed by atoms with Crippen LogP contribution in [0.1, 0.15) is 62.5 Å². The first-order valence-electron chi connectivity index (χ1n) is 10.8. The van der Waals surface area contributed by atoms with E-state index in [4.69, 9.17) is 0 Å². The molecule has 2 rings (SSSR count). The summed E-state index contributed by atoms with van der Waals surface area (Å²) in [5.74, 6) is 0.909. The number of nitrogens with zero attached hydrogens (tertiary/aromatic N) is 1. The molecule has 1 saturated carbocycles. The van der Waals surface area contributed by atoms with E-state index in [0.29, 0.717) is 12.3 Å².